The molecule has 1 heterocycles. The normalized spacial score (nSPS) is 15.6. The molecule has 0 unspecified atom stereocenters. The molecule has 1 aliphatic heterocycles. The van der Waals surface area contributed by atoms with E-state index in [1.165, 1.54) is 16.8 Å². The van der Waals surface area contributed by atoms with Gasteiger partial charge in [0.1, 0.15) is 17.2 Å². The first-order valence-corrected chi connectivity index (χ1v) is 14.6. The second kappa shape index (κ2) is 11.3. The Kier molecular flexibility index (Phi) is 7.38. The van der Waals surface area contributed by atoms with Crippen molar-refractivity contribution in [1.29, 1.82) is 0 Å². The molecule has 0 saturated heterocycles. The molecular formula is C38H37NO3. The molecular weight excluding hydrogens is 518 g/mol. The first-order chi connectivity index (χ1) is 20.5. The van der Waals surface area contributed by atoms with Crippen LogP contribution in [0.15, 0.2) is 103 Å². The summed E-state index contributed by atoms with van der Waals surface area (Å²) in [4.78, 5) is 2.36. The Morgan fingerprint density at radius 3 is 2.00 bits per heavy atom. The van der Waals surface area contributed by atoms with Crippen LogP contribution >= 0.6 is 0 Å². The number of nitrogens with zero attached hydrogens (tertiary/aromatic N) is 1. The molecule has 5 aromatic carbocycles. The predicted molar refractivity (Wildman–Crippen MR) is 174 cm³/mol. The quantitative estimate of drug-likeness (QED) is 0.191. The first kappa shape index (κ1) is 27.5. The third-order valence-electron chi connectivity index (χ3n) is 8.52. The summed E-state index contributed by atoms with van der Waals surface area (Å²) < 4.78 is 18.4. The highest BCUT2D eigenvalue weighted by atomic mass is 16.5. The van der Waals surface area contributed by atoms with Gasteiger partial charge in [-0.15, -0.1) is 0 Å². The fourth-order valence-electron chi connectivity index (χ4n) is 6.22. The van der Waals surface area contributed by atoms with E-state index in [1.807, 2.05) is 24.3 Å². The predicted octanol–water partition coefficient (Wildman–Crippen LogP) is 9.03. The highest BCUT2D eigenvalue weighted by Gasteiger charge is 2.38. The summed E-state index contributed by atoms with van der Waals surface area (Å²) >= 11 is 0. The number of ether oxygens (including phenoxy) is 3. The van der Waals surface area contributed by atoms with E-state index in [9.17, 15) is 0 Å². The van der Waals surface area contributed by atoms with Gasteiger partial charge in [-0.3, -0.25) is 0 Å². The van der Waals surface area contributed by atoms with Gasteiger partial charge in [0.2, 0.25) is 0 Å². The van der Waals surface area contributed by atoms with Crippen molar-refractivity contribution < 1.29 is 14.2 Å². The molecule has 212 valence electrons. The van der Waals surface area contributed by atoms with Gasteiger partial charge in [0.05, 0.1) is 14.2 Å². The number of hydrogen-bond donors (Lipinski definition) is 0. The van der Waals surface area contributed by atoms with Gasteiger partial charge in [0.25, 0.3) is 0 Å². The van der Waals surface area contributed by atoms with E-state index < -0.39 is 5.60 Å². The SMILES string of the molecule is CCN(CC)c1ccc([C@]2(c3ccccc3)C=Cc3c(C)c(-c4ccc(OC)cc4)c4ccc(OC)cc4c3O2)cc1. The Hall–Kier alpha value is -4.70. The first-order valence-electron chi connectivity index (χ1n) is 14.6. The van der Waals surface area contributed by atoms with Crippen LogP contribution in [-0.2, 0) is 5.60 Å². The Morgan fingerprint density at radius 2 is 1.36 bits per heavy atom. The van der Waals surface area contributed by atoms with Crippen molar-refractivity contribution in [2.45, 2.75) is 26.4 Å². The molecule has 0 bridgehead atoms. The van der Waals surface area contributed by atoms with E-state index in [0.717, 1.165) is 63.4 Å². The molecule has 0 radical (unpaired) electrons. The summed E-state index contributed by atoms with van der Waals surface area (Å²) in [5.41, 5.74) is 7.14. The Bertz CT molecular complexity index is 1740. The lowest BCUT2D eigenvalue weighted by Crippen LogP contribution is -2.34. The minimum atomic E-state index is -0.792. The molecule has 0 fully saturated rings. The number of benzene rings is 5. The average Bonchev–Trinajstić information content (AvgIpc) is 3.06. The Balaban J connectivity index is 1.58. The lowest BCUT2D eigenvalue weighted by Gasteiger charge is -2.38. The van der Waals surface area contributed by atoms with Crippen molar-refractivity contribution in [3.05, 3.63) is 125 Å². The molecule has 42 heavy (non-hydrogen) atoms. The van der Waals surface area contributed by atoms with Crippen molar-refractivity contribution in [3.8, 4) is 28.4 Å². The van der Waals surface area contributed by atoms with Crippen molar-refractivity contribution in [2.75, 3.05) is 32.2 Å². The summed E-state index contributed by atoms with van der Waals surface area (Å²) in [7, 11) is 3.40. The van der Waals surface area contributed by atoms with Gasteiger partial charge < -0.3 is 19.1 Å². The summed E-state index contributed by atoms with van der Waals surface area (Å²) in [6.07, 6.45) is 4.46. The van der Waals surface area contributed by atoms with Crippen LogP contribution in [0, 0.1) is 6.92 Å². The number of methoxy groups -OCH3 is 2. The topological polar surface area (TPSA) is 30.9 Å². The lowest BCUT2D eigenvalue weighted by atomic mass is 9.81. The molecule has 0 spiro atoms. The van der Waals surface area contributed by atoms with Crippen molar-refractivity contribution in [3.63, 3.8) is 0 Å². The van der Waals surface area contributed by atoms with Crippen LogP contribution in [0.2, 0.25) is 0 Å². The Labute approximate surface area is 248 Å². The minimum absolute atomic E-state index is 0.792. The fourth-order valence-corrected chi connectivity index (χ4v) is 6.22. The number of hydrogen-bond acceptors (Lipinski definition) is 4. The van der Waals surface area contributed by atoms with E-state index >= 15 is 0 Å². The van der Waals surface area contributed by atoms with E-state index in [0.29, 0.717) is 0 Å². The van der Waals surface area contributed by atoms with E-state index in [1.54, 1.807) is 14.2 Å². The molecule has 4 heteroatoms. The maximum Gasteiger partial charge on any atom is 0.178 e. The lowest BCUT2D eigenvalue weighted by molar-refractivity contribution is 0.163. The highest BCUT2D eigenvalue weighted by Crippen LogP contribution is 2.50. The van der Waals surface area contributed by atoms with E-state index in [-0.39, 0.29) is 0 Å². The minimum Gasteiger partial charge on any atom is -0.497 e. The number of anilines is 1. The van der Waals surface area contributed by atoms with Crippen LogP contribution in [-0.4, -0.2) is 27.3 Å². The maximum atomic E-state index is 7.29. The van der Waals surface area contributed by atoms with Gasteiger partial charge in [-0.1, -0.05) is 60.7 Å². The summed E-state index contributed by atoms with van der Waals surface area (Å²) in [5, 5.41) is 2.14. The standard InChI is InChI=1S/C38H37NO3/c1-6-39(7-2)30-17-15-29(16-18-30)38(28-11-9-8-10-12-28)24-23-33-26(3)36(27-13-19-31(40-4)20-14-27)34-22-21-32(41-5)25-35(34)37(33)42-38/h8-25H,6-7H2,1-5H3/t38-/m1/s1. The van der Waals surface area contributed by atoms with Crippen LogP contribution in [0.5, 0.6) is 17.2 Å². The van der Waals surface area contributed by atoms with Gasteiger partial charge in [0.15, 0.2) is 5.60 Å². The zero-order valence-electron chi connectivity index (χ0n) is 25.0. The average molecular weight is 556 g/mol. The number of rotatable bonds is 8. The van der Waals surface area contributed by atoms with Crippen molar-refractivity contribution in [2.24, 2.45) is 0 Å². The van der Waals surface area contributed by atoms with Gasteiger partial charge in [-0.25, -0.2) is 0 Å². The molecule has 6 rings (SSSR count). The van der Waals surface area contributed by atoms with Crippen LogP contribution in [0.3, 0.4) is 0 Å². The maximum absolute atomic E-state index is 7.29. The summed E-state index contributed by atoms with van der Waals surface area (Å²) in [6.45, 7) is 8.49. The smallest absolute Gasteiger partial charge is 0.178 e. The van der Waals surface area contributed by atoms with Crippen molar-refractivity contribution in [1.82, 2.24) is 0 Å². The largest absolute Gasteiger partial charge is 0.497 e. The van der Waals surface area contributed by atoms with Crippen molar-refractivity contribution >= 4 is 22.5 Å². The second-order valence-corrected chi connectivity index (χ2v) is 10.6. The molecule has 0 aliphatic carbocycles. The fraction of sp³-hybridized carbons (Fsp3) is 0.211. The molecule has 0 aromatic heterocycles. The summed E-state index contributed by atoms with van der Waals surface area (Å²) in [5.74, 6) is 2.49. The highest BCUT2D eigenvalue weighted by molar-refractivity contribution is 6.05. The third-order valence-corrected chi connectivity index (χ3v) is 8.52. The van der Waals surface area contributed by atoms with E-state index in [2.05, 4.69) is 111 Å². The zero-order chi connectivity index (χ0) is 29.3. The Morgan fingerprint density at radius 1 is 0.714 bits per heavy atom. The molecule has 5 aromatic rings. The molecule has 0 amide bonds. The second-order valence-electron chi connectivity index (χ2n) is 10.6. The monoisotopic (exact) mass is 555 g/mol. The van der Waals surface area contributed by atoms with Gasteiger partial charge in [0, 0.05) is 40.9 Å². The van der Waals surface area contributed by atoms with Crippen LogP contribution in [0.4, 0.5) is 5.69 Å². The van der Waals surface area contributed by atoms with Gasteiger partial charge >= 0.3 is 0 Å². The van der Waals surface area contributed by atoms with E-state index in [4.69, 9.17) is 14.2 Å². The van der Waals surface area contributed by atoms with Crippen LogP contribution in [0.1, 0.15) is 36.1 Å². The molecule has 4 nitrogen and oxygen atoms in total. The zero-order valence-corrected chi connectivity index (χ0v) is 25.0. The summed E-state index contributed by atoms with van der Waals surface area (Å²) in [6, 6.07) is 33.9. The third kappa shape index (κ3) is 4.57. The number of fused-ring (bicyclic) bond motifs is 3. The van der Waals surface area contributed by atoms with Gasteiger partial charge in [-0.2, -0.15) is 0 Å². The molecule has 1 atom stereocenters. The molecule has 1 aliphatic rings. The molecule has 0 N–H and O–H groups in total. The van der Waals surface area contributed by atoms with Crippen LogP contribution in [0.25, 0.3) is 28.0 Å². The molecule has 0 saturated carbocycles. The van der Waals surface area contributed by atoms with Gasteiger partial charge in [-0.05, 0) is 91.4 Å². The van der Waals surface area contributed by atoms with Crippen LogP contribution < -0.4 is 19.1 Å².